The van der Waals surface area contributed by atoms with Gasteiger partial charge in [0, 0.05) is 4.01 Å². The Kier molecular flexibility index (Phi) is 3.39. The van der Waals surface area contributed by atoms with Crippen LogP contribution in [0.25, 0.3) is 0 Å². The van der Waals surface area contributed by atoms with Gasteiger partial charge in [-0.2, -0.15) is 13.2 Å². The molecule has 0 saturated carbocycles. The number of allylic oxidation sites excluding steroid dienone is 3. The molecule has 0 fully saturated rings. The average Bonchev–Trinajstić information content (AvgIpc) is 2.04. The molecule has 0 radical (unpaired) electrons. The van der Waals surface area contributed by atoms with E-state index in [1.54, 1.807) is 20.8 Å². The molecule has 0 spiro atoms. The van der Waals surface area contributed by atoms with Crippen LogP contribution >= 0.6 is 20.7 Å². The normalized spacial score (nSPS) is 18.4. The number of hydrogen-bond donors (Lipinski definition) is 0. The van der Waals surface area contributed by atoms with Crippen molar-refractivity contribution >= 4 is 24.7 Å². The zero-order valence-corrected chi connectivity index (χ0v) is 10.2. The van der Waals surface area contributed by atoms with Crippen molar-refractivity contribution in [2.75, 3.05) is 0 Å². The molecule has 1 aliphatic rings. The molecular formula is C9H10F3IO. The number of halogens is 4. The van der Waals surface area contributed by atoms with Gasteiger partial charge in [-0.05, 0) is 41.5 Å². The number of hydrogen-bond acceptors (Lipinski definition) is 1. The predicted molar refractivity (Wildman–Crippen MR) is 58.3 cm³/mol. The van der Waals surface area contributed by atoms with Crippen LogP contribution in [0.2, 0.25) is 0 Å². The summed E-state index contributed by atoms with van der Waals surface area (Å²) in [6, 6.07) is 0. The van der Waals surface area contributed by atoms with E-state index in [0.717, 1.165) is 0 Å². The highest BCUT2D eigenvalue weighted by Gasteiger charge is 2.23. The number of ether oxygens (including phenoxy) is 1. The summed E-state index contributed by atoms with van der Waals surface area (Å²) >= 11 is -1.22. The SMILES string of the molecule is CC(C)(C)OC1=C(F)C(F)=C(F)I=C1. The molecule has 0 N–H and O–H groups in total. The Bertz CT molecular complexity index is 336. The molecule has 5 heteroatoms. The van der Waals surface area contributed by atoms with Crippen LogP contribution in [0.4, 0.5) is 13.2 Å². The molecule has 0 bridgehead atoms. The van der Waals surface area contributed by atoms with Crippen LogP contribution in [0.5, 0.6) is 0 Å². The van der Waals surface area contributed by atoms with E-state index in [1.807, 2.05) is 0 Å². The predicted octanol–water partition coefficient (Wildman–Crippen LogP) is 3.88. The minimum atomic E-state index is -1.40. The second kappa shape index (κ2) is 4.04. The lowest BCUT2D eigenvalue weighted by atomic mass is 10.2. The highest BCUT2D eigenvalue weighted by atomic mass is 127. The van der Waals surface area contributed by atoms with Gasteiger partial charge in [0.15, 0.2) is 9.59 Å². The van der Waals surface area contributed by atoms with Crippen LogP contribution in [0, 0.1) is 0 Å². The highest BCUT2D eigenvalue weighted by Crippen LogP contribution is 2.35. The lowest BCUT2D eigenvalue weighted by Crippen LogP contribution is -2.20. The minimum absolute atomic E-state index is 0.177. The van der Waals surface area contributed by atoms with E-state index in [0.29, 0.717) is 0 Å². The summed E-state index contributed by atoms with van der Waals surface area (Å²) in [6.07, 6.45) is 0. The molecule has 0 amide bonds. The number of rotatable bonds is 1. The molecule has 0 aromatic heterocycles. The van der Waals surface area contributed by atoms with Gasteiger partial charge in [0.2, 0.25) is 11.7 Å². The Labute approximate surface area is 90.4 Å². The first-order valence-corrected chi connectivity index (χ1v) is 6.25. The van der Waals surface area contributed by atoms with E-state index in [2.05, 4.69) is 0 Å². The summed E-state index contributed by atoms with van der Waals surface area (Å²) in [6.45, 7) is 5.14. The smallest absolute Gasteiger partial charge is 0.204 e. The van der Waals surface area contributed by atoms with Crippen LogP contribution in [0.3, 0.4) is 0 Å². The third-order valence-electron chi connectivity index (χ3n) is 1.24. The molecule has 0 unspecified atom stereocenters. The third kappa shape index (κ3) is 2.83. The quantitative estimate of drug-likeness (QED) is 0.667. The van der Waals surface area contributed by atoms with Crippen molar-refractivity contribution in [1.82, 2.24) is 0 Å². The maximum atomic E-state index is 13.1. The van der Waals surface area contributed by atoms with Crippen molar-refractivity contribution in [3.8, 4) is 0 Å². The Hall–Kier alpha value is -0.330. The molecular weight excluding hydrogens is 308 g/mol. The summed E-state index contributed by atoms with van der Waals surface area (Å²) < 4.78 is 44.0. The first kappa shape index (κ1) is 11.7. The third-order valence-corrected chi connectivity index (χ3v) is 3.14. The van der Waals surface area contributed by atoms with E-state index in [1.165, 1.54) is 4.01 Å². The van der Waals surface area contributed by atoms with Gasteiger partial charge < -0.3 is 4.74 Å². The summed E-state index contributed by atoms with van der Waals surface area (Å²) in [5.41, 5.74) is -0.610. The summed E-state index contributed by atoms with van der Waals surface area (Å²) in [5.74, 6) is -2.81. The fourth-order valence-electron chi connectivity index (χ4n) is 0.781. The Morgan fingerprint density at radius 3 is 2.21 bits per heavy atom. The van der Waals surface area contributed by atoms with E-state index in [-0.39, 0.29) is 5.76 Å². The van der Waals surface area contributed by atoms with Gasteiger partial charge in [-0.3, -0.25) is 0 Å². The van der Waals surface area contributed by atoms with Crippen molar-refractivity contribution in [3.63, 3.8) is 0 Å². The van der Waals surface area contributed by atoms with Gasteiger partial charge in [-0.15, -0.1) is 0 Å². The minimum Gasteiger partial charge on any atom is -0.484 e. The molecule has 0 atom stereocenters. The Balaban J connectivity index is 2.98. The molecule has 1 rings (SSSR count). The Morgan fingerprint density at radius 1 is 1.14 bits per heavy atom. The second-order valence-corrected chi connectivity index (χ2v) is 5.88. The molecule has 0 aromatic rings. The fraction of sp³-hybridized carbons (Fsp3) is 0.444. The highest BCUT2D eigenvalue weighted by molar-refractivity contribution is 14.2. The first-order valence-electron chi connectivity index (χ1n) is 3.92. The van der Waals surface area contributed by atoms with Crippen molar-refractivity contribution < 1.29 is 17.9 Å². The van der Waals surface area contributed by atoms with E-state index in [4.69, 9.17) is 4.74 Å². The molecule has 1 nitrogen and oxygen atoms in total. The zero-order valence-electron chi connectivity index (χ0n) is 8.00. The maximum Gasteiger partial charge on any atom is 0.204 e. The molecule has 1 heterocycles. The van der Waals surface area contributed by atoms with Gasteiger partial charge in [0.05, 0.1) is 0 Å². The van der Waals surface area contributed by atoms with Crippen LogP contribution < -0.4 is 0 Å². The zero-order chi connectivity index (χ0) is 10.9. The van der Waals surface area contributed by atoms with Crippen molar-refractivity contribution in [2.24, 2.45) is 0 Å². The van der Waals surface area contributed by atoms with E-state index in [9.17, 15) is 13.2 Å². The van der Waals surface area contributed by atoms with Crippen molar-refractivity contribution in [2.45, 2.75) is 26.4 Å². The summed E-state index contributed by atoms with van der Waals surface area (Å²) in [4.78, 5) is 0. The molecule has 80 valence electrons. The van der Waals surface area contributed by atoms with Gasteiger partial charge >= 0.3 is 0 Å². The van der Waals surface area contributed by atoms with E-state index >= 15 is 0 Å². The van der Waals surface area contributed by atoms with Crippen molar-refractivity contribution in [3.05, 3.63) is 21.2 Å². The topological polar surface area (TPSA) is 9.23 Å². The monoisotopic (exact) mass is 318 g/mol. The largest absolute Gasteiger partial charge is 0.484 e. The first-order chi connectivity index (χ1) is 6.31. The molecule has 0 aliphatic carbocycles. The summed E-state index contributed by atoms with van der Waals surface area (Å²) in [5, 5.41) is 0. The lowest BCUT2D eigenvalue weighted by Gasteiger charge is -2.22. The van der Waals surface area contributed by atoms with Crippen LogP contribution in [0.15, 0.2) is 21.2 Å². The van der Waals surface area contributed by atoms with Crippen LogP contribution in [-0.4, -0.2) is 9.61 Å². The fourth-order valence-corrected chi connectivity index (χ4v) is 2.25. The van der Waals surface area contributed by atoms with Gasteiger partial charge in [-0.25, -0.2) is 0 Å². The summed E-state index contributed by atoms with van der Waals surface area (Å²) in [7, 11) is 0. The van der Waals surface area contributed by atoms with Gasteiger partial charge in [0.25, 0.3) is 0 Å². The Morgan fingerprint density at radius 2 is 1.71 bits per heavy atom. The van der Waals surface area contributed by atoms with Gasteiger partial charge in [-0.1, -0.05) is 0 Å². The second-order valence-electron chi connectivity index (χ2n) is 3.69. The molecule has 0 saturated heterocycles. The molecule has 0 aromatic carbocycles. The lowest BCUT2D eigenvalue weighted by molar-refractivity contribution is 0.0609. The average molecular weight is 318 g/mol. The maximum absolute atomic E-state index is 13.1. The molecule has 1 aliphatic heterocycles. The van der Waals surface area contributed by atoms with Crippen LogP contribution in [-0.2, 0) is 4.74 Å². The van der Waals surface area contributed by atoms with E-state index < -0.39 is 41.8 Å². The van der Waals surface area contributed by atoms with Gasteiger partial charge in [0.1, 0.15) is 5.60 Å². The van der Waals surface area contributed by atoms with Crippen molar-refractivity contribution in [1.29, 1.82) is 0 Å². The molecule has 14 heavy (non-hydrogen) atoms. The van der Waals surface area contributed by atoms with Crippen LogP contribution in [0.1, 0.15) is 20.8 Å². The standard InChI is InChI=1S/C9H10F3IO/c1-9(2,3)14-5-4-13-8(12)7(11)6(5)10/h4H,1-3H3.